The zero-order chi connectivity index (χ0) is 23.6. The predicted octanol–water partition coefficient (Wildman–Crippen LogP) is 2.62. The van der Waals surface area contributed by atoms with E-state index in [4.69, 9.17) is 4.52 Å². The van der Waals surface area contributed by atoms with E-state index in [0.29, 0.717) is 56.3 Å². The molecule has 0 bridgehead atoms. The minimum absolute atomic E-state index is 0.0528. The molecule has 0 N–H and O–H groups in total. The van der Waals surface area contributed by atoms with Crippen molar-refractivity contribution < 1.29 is 17.7 Å². The average molecular weight is 466 g/mol. The molecule has 0 radical (unpaired) electrons. The van der Waals surface area contributed by atoms with Gasteiger partial charge in [-0.25, -0.2) is 8.42 Å². The molecule has 3 heterocycles. The van der Waals surface area contributed by atoms with Crippen LogP contribution in [0, 0.1) is 33.6 Å². The molecule has 1 aliphatic heterocycles. The van der Waals surface area contributed by atoms with Crippen LogP contribution in [0.4, 0.5) is 0 Å². The van der Waals surface area contributed by atoms with Crippen molar-refractivity contribution in [1.82, 2.24) is 24.1 Å². The third-order valence-electron chi connectivity index (χ3n) is 6.03. The maximum Gasteiger partial charge on any atom is 0.248 e. The van der Waals surface area contributed by atoms with Crippen LogP contribution in [0.15, 0.2) is 9.42 Å². The fourth-order valence-corrected chi connectivity index (χ4v) is 6.13. The summed E-state index contributed by atoms with van der Waals surface area (Å²) in [6.07, 6.45) is 1.64. The van der Waals surface area contributed by atoms with Gasteiger partial charge in [-0.3, -0.25) is 9.48 Å². The molecule has 1 amide bonds. The monoisotopic (exact) mass is 465 g/mol. The smallest absolute Gasteiger partial charge is 0.248 e. The van der Waals surface area contributed by atoms with E-state index in [2.05, 4.69) is 31.0 Å². The first-order valence-corrected chi connectivity index (χ1v) is 12.7. The highest BCUT2D eigenvalue weighted by Gasteiger charge is 2.32. The number of aryl methyl sites for hydroxylation is 3. The zero-order valence-electron chi connectivity index (χ0n) is 20.0. The van der Waals surface area contributed by atoms with Gasteiger partial charge in [0.15, 0.2) is 5.76 Å². The summed E-state index contributed by atoms with van der Waals surface area (Å²) in [6.45, 7) is 14.0. The molecule has 2 aromatic rings. The average Bonchev–Trinajstić information content (AvgIpc) is 3.05. The molecule has 1 aliphatic rings. The van der Waals surface area contributed by atoms with Crippen LogP contribution in [0.3, 0.4) is 0 Å². The molecule has 3 rings (SSSR count). The Labute approximate surface area is 190 Å². The molecule has 0 unspecified atom stereocenters. The van der Waals surface area contributed by atoms with Gasteiger partial charge in [-0.15, -0.1) is 0 Å². The summed E-state index contributed by atoms with van der Waals surface area (Å²) in [7, 11) is -3.70. The standard InChI is InChI=1S/C22H35N5O4S/c1-15(2)14-27-18(5)20(16(3)23-27)8-9-21(28)25-10-7-11-26(13-12-25)32(29,30)22-17(4)24-31-19(22)6/h15H,7-14H2,1-6H3. The number of amides is 1. The summed E-state index contributed by atoms with van der Waals surface area (Å²) in [5.74, 6) is 0.852. The van der Waals surface area contributed by atoms with Crippen molar-refractivity contribution in [3.63, 3.8) is 0 Å². The number of carbonyl (C=O) groups is 1. The minimum atomic E-state index is -3.70. The van der Waals surface area contributed by atoms with Gasteiger partial charge in [0, 0.05) is 44.8 Å². The number of nitrogens with zero attached hydrogens (tertiary/aromatic N) is 5. The van der Waals surface area contributed by atoms with E-state index < -0.39 is 10.0 Å². The van der Waals surface area contributed by atoms with E-state index in [1.54, 1.807) is 18.7 Å². The van der Waals surface area contributed by atoms with E-state index in [-0.39, 0.29) is 17.3 Å². The Hall–Kier alpha value is -2.20. The van der Waals surface area contributed by atoms with Crippen LogP contribution in [0.1, 0.15) is 55.1 Å². The molecule has 0 aromatic carbocycles. The number of hydrogen-bond acceptors (Lipinski definition) is 6. The van der Waals surface area contributed by atoms with E-state index in [0.717, 1.165) is 23.5 Å². The van der Waals surface area contributed by atoms with Gasteiger partial charge >= 0.3 is 0 Å². The summed E-state index contributed by atoms with van der Waals surface area (Å²) in [5, 5.41) is 8.41. The summed E-state index contributed by atoms with van der Waals surface area (Å²) >= 11 is 0. The fourth-order valence-electron chi connectivity index (χ4n) is 4.37. The predicted molar refractivity (Wildman–Crippen MR) is 121 cm³/mol. The third-order valence-corrected chi connectivity index (χ3v) is 8.18. The van der Waals surface area contributed by atoms with Crippen molar-refractivity contribution in [2.24, 2.45) is 5.92 Å². The van der Waals surface area contributed by atoms with Gasteiger partial charge < -0.3 is 9.42 Å². The van der Waals surface area contributed by atoms with Crippen LogP contribution < -0.4 is 0 Å². The molecule has 178 valence electrons. The Kier molecular flexibility index (Phi) is 7.44. The van der Waals surface area contributed by atoms with E-state index in [1.807, 2.05) is 11.6 Å². The molecule has 10 heteroatoms. The Bertz CT molecular complexity index is 1050. The van der Waals surface area contributed by atoms with Gasteiger partial charge in [0.2, 0.25) is 15.9 Å². The second kappa shape index (κ2) is 9.74. The highest BCUT2D eigenvalue weighted by Crippen LogP contribution is 2.24. The van der Waals surface area contributed by atoms with Gasteiger partial charge in [-0.1, -0.05) is 19.0 Å². The fraction of sp³-hybridized carbons (Fsp3) is 0.682. The molecule has 1 fully saturated rings. The third kappa shape index (κ3) is 5.06. The highest BCUT2D eigenvalue weighted by atomic mass is 32.2. The van der Waals surface area contributed by atoms with Gasteiger partial charge in [-0.05, 0) is 52.0 Å². The van der Waals surface area contributed by atoms with Crippen molar-refractivity contribution in [2.75, 3.05) is 26.2 Å². The first-order chi connectivity index (χ1) is 15.0. The van der Waals surface area contributed by atoms with Gasteiger partial charge in [0.25, 0.3) is 0 Å². The van der Waals surface area contributed by atoms with Gasteiger partial charge in [0.05, 0.1) is 5.69 Å². The second-order valence-electron chi connectivity index (χ2n) is 9.02. The topological polar surface area (TPSA) is 102 Å². The molecule has 0 spiro atoms. The zero-order valence-corrected chi connectivity index (χ0v) is 20.8. The lowest BCUT2D eigenvalue weighted by atomic mass is 10.1. The Morgan fingerprint density at radius 1 is 1.06 bits per heavy atom. The first-order valence-electron chi connectivity index (χ1n) is 11.3. The highest BCUT2D eigenvalue weighted by molar-refractivity contribution is 7.89. The molecule has 32 heavy (non-hydrogen) atoms. The number of hydrogen-bond donors (Lipinski definition) is 0. The molecular weight excluding hydrogens is 430 g/mol. The van der Waals surface area contributed by atoms with Crippen LogP contribution in [0.25, 0.3) is 0 Å². The number of carbonyl (C=O) groups excluding carboxylic acids is 1. The van der Waals surface area contributed by atoms with Crippen LogP contribution in [0.2, 0.25) is 0 Å². The summed E-state index contributed by atoms with van der Waals surface area (Å²) < 4.78 is 34.7. The van der Waals surface area contributed by atoms with Crippen molar-refractivity contribution in [3.05, 3.63) is 28.4 Å². The Balaban J connectivity index is 1.63. The minimum Gasteiger partial charge on any atom is -0.360 e. The summed E-state index contributed by atoms with van der Waals surface area (Å²) in [5.41, 5.74) is 3.60. The lowest BCUT2D eigenvalue weighted by Gasteiger charge is -2.22. The van der Waals surface area contributed by atoms with Gasteiger partial charge in [-0.2, -0.15) is 9.40 Å². The lowest BCUT2D eigenvalue weighted by molar-refractivity contribution is -0.131. The van der Waals surface area contributed by atoms with E-state index in [9.17, 15) is 13.2 Å². The summed E-state index contributed by atoms with van der Waals surface area (Å²) in [6, 6.07) is 0. The molecule has 1 saturated heterocycles. The van der Waals surface area contributed by atoms with Crippen molar-refractivity contribution in [2.45, 2.75) is 72.2 Å². The number of rotatable bonds is 7. The van der Waals surface area contributed by atoms with E-state index in [1.165, 1.54) is 4.31 Å². The largest absolute Gasteiger partial charge is 0.360 e. The van der Waals surface area contributed by atoms with E-state index >= 15 is 0 Å². The van der Waals surface area contributed by atoms with Crippen molar-refractivity contribution in [1.29, 1.82) is 0 Å². The van der Waals surface area contributed by atoms with Gasteiger partial charge in [0.1, 0.15) is 10.6 Å². The van der Waals surface area contributed by atoms with Crippen LogP contribution in [0.5, 0.6) is 0 Å². The van der Waals surface area contributed by atoms with Crippen LogP contribution >= 0.6 is 0 Å². The molecule has 0 aliphatic carbocycles. The number of aromatic nitrogens is 3. The van der Waals surface area contributed by atoms with Crippen molar-refractivity contribution in [3.8, 4) is 0 Å². The lowest BCUT2D eigenvalue weighted by Crippen LogP contribution is -2.37. The first kappa shape index (κ1) is 24.4. The normalized spacial score (nSPS) is 16.0. The molecular formula is C22H35N5O4S. The van der Waals surface area contributed by atoms with Crippen LogP contribution in [-0.2, 0) is 27.8 Å². The molecule has 0 atom stereocenters. The van der Waals surface area contributed by atoms with Crippen LogP contribution in [-0.4, -0.2) is 64.6 Å². The Morgan fingerprint density at radius 2 is 1.78 bits per heavy atom. The number of sulfonamides is 1. The molecule has 0 saturated carbocycles. The Morgan fingerprint density at radius 3 is 2.41 bits per heavy atom. The maximum absolute atomic E-state index is 13.1. The quantitative estimate of drug-likeness (QED) is 0.623. The SMILES string of the molecule is Cc1nn(CC(C)C)c(C)c1CCC(=O)N1CCCN(S(=O)(=O)c2c(C)noc2C)CC1. The second-order valence-corrected chi connectivity index (χ2v) is 10.9. The molecule has 2 aromatic heterocycles. The molecule has 9 nitrogen and oxygen atoms in total. The van der Waals surface area contributed by atoms with Crippen molar-refractivity contribution >= 4 is 15.9 Å². The summed E-state index contributed by atoms with van der Waals surface area (Å²) in [4.78, 5) is 14.9. The maximum atomic E-state index is 13.1.